The maximum absolute atomic E-state index is 7.10. The molecule has 0 fully saturated rings. The molecule has 0 aliphatic rings. The largest absolute Gasteiger partial charge is 0.147 e. The summed E-state index contributed by atoms with van der Waals surface area (Å²) in [6.45, 7) is 34.2. The van der Waals surface area contributed by atoms with Gasteiger partial charge in [0, 0.05) is 0 Å². The molecule has 0 saturated heterocycles. The van der Waals surface area contributed by atoms with E-state index in [1.807, 2.05) is 0 Å². The zero-order chi connectivity index (χ0) is 30.4. The van der Waals surface area contributed by atoms with Gasteiger partial charge in [-0.2, -0.15) is 0 Å². The minimum absolute atomic E-state index is 0. The molecule has 0 saturated carbocycles. The summed E-state index contributed by atoms with van der Waals surface area (Å²) in [6, 6.07) is 13.2. The molecule has 0 aliphatic heterocycles. The molecule has 0 amide bonds. The molecule has 3 aromatic rings. The maximum atomic E-state index is 7.10. The molecular formula is C36H54Cl2O2STi. The van der Waals surface area contributed by atoms with Gasteiger partial charge >= 0.3 is 257 Å². The Morgan fingerprint density at radius 3 is 1.17 bits per heavy atom. The summed E-state index contributed by atoms with van der Waals surface area (Å²) >= 11 is -0.954. The maximum Gasteiger partial charge on any atom is -0.147 e. The summed E-state index contributed by atoms with van der Waals surface area (Å²) in [4.78, 5) is 2.51. The Labute approximate surface area is 280 Å². The fourth-order valence-corrected chi connectivity index (χ4v) is 9.26. The molecule has 6 heteroatoms. The number of thiophene rings is 1. The Morgan fingerprint density at radius 2 is 0.881 bits per heavy atom. The number of benzene rings is 2. The van der Waals surface area contributed by atoms with Gasteiger partial charge in [0.2, 0.25) is 0 Å². The molecule has 0 spiro atoms. The van der Waals surface area contributed by atoms with Crippen molar-refractivity contribution in [1.82, 2.24) is 0 Å². The van der Waals surface area contributed by atoms with Crippen LogP contribution in [0.2, 0.25) is 0 Å². The van der Waals surface area contributed by atoms with Crippen LogP contribution in [0, 0.1) is 20.8 Å². The topological polar surface area (TPSA) is 18.5 Å². The van der Waals surface area contributed by atoms with Crippen molar-refractivity contribution >= 4 is 40.5 Å². The Bertz CT molecular complexity index is 1320. The van der Waals surface area contributed by atoms with Crippen LogP contribution in [0.3, 0.4) is 0 Å². The summed E-state index contributed by atoms with van der Waals surface area (Å²) in [5.74, 6) is 1.92. The average Bonchev–Trinajstić information content (AvgIpc) is 3.16. The van der Waals surface area contributed by atoms with E-state index < -0.39 is 18.2 Å². The Hall–Kier alpha value is -1.10. The zero-order valence-electron chi connectivity index (χ0n) is 28.6. The molecule has 2 nitrogen and oxygen atoms in total. The molecule has 0 radical (unpaired) electrons. The average molecular weight is 670 g/mol. The molecule has 0 atom stereocenters. The van der Waals surface area contributed by atoms with Crippen LogP contribution in [0.25, 0.3) is 0 Å². The third-order valence-electron chi connectivity index (χ3n) is 7.19. The fourth-order valence-electron chi connectivity index (χ4n) is 5.91. The predicted molar refractivity (Wildman–Crippen MR) is 187 cm³/mol. The van der Waals surface area contributed by atoms with Crippen molar-refractivity contribution in [2.45, 2.75) is 126 Å². The number of aryl methyl sites for hydroxylation is 3. The second kappa shape index (κ2) is 13.9. The number of halogens is 2. The molecule has 2 aromatic carbocycles. The first-order valence-electron chi connectivity index (χ1n) is 14.5. The molecule has 3 rings (SSSR count). The minimum atomic E-state index is -2.76. The van der Waals surface area contributed by atoms with Gasteiger partial charge in [-0.3, -0.25) is 0 Å². The second-order valence-electron chi connectivity index (χ2n) is 15.4. The van der Waals surface area contributed by atoms with Crippen LogP contribution >= 0.6 is 36.2 Å². The van der Waals surface area contributed by atoms with E-state index in [1.54, 1.807) is 11.3 Å². The molecule has 1 heterocycles. The second-order valence-corrected chi connectivity index (χ2v) is 18.8. The van der Waals surface area contributed by atoms with Gasteiger partial charge in [0.05, 0.1) is 0 Å². The van der Waals surface area contributed by atoms with Gasteiger partial charge in [0.15, 0.2) is 0 Å². The van der Waals surface area contributed by atoms with Crippen LogP contribution in [-0.4, -0.2) is 4.31 Å². The van der Waals surface area contributed by atoms with Crippen LogP contribution in [0.15, 0.2) is 36.4 Å². The fraction of sp³-hybridized carbons (Fsp3) is 0.528. The van der Waals surface area contributed by atoms with Crippen molar-refractivity contribution in [3.63, 3.8) is 0 Å². The van der Waals surface area contributed by atoms with Crippen molar-refractivity contribution in [2.75, 3.05) is 0 Å². The van der Waals surface area contributed by atoms with Crippen LogP contribution in [0.1, 0.15) is 126 Å². The molecular weight excluding hydrogens is 615 g/mol. The predicted octanol–water partition coefficient (Wildman–Crippen LogP) is 11.5. The van der Waals surface area contributed by atoms with Crippen molar-refractivity contribution in [1.29, 1.82) is 0 Å². The standard InChI is InChI=1S/2C15H24O.C6H6S.2ClH.Ti/c2*1-10-8-9-11(16)13(15(5,6)7)12(10)14(2,3)4;1-5-3-4-6(2)7-5;;;/h2*8-9,16H,1-7H3;1,3-4H,2H3;2*1H;/q;;;;;+2/p-2. The molecule has 0 N–H and O–H groups in total. The third-order valence-corrected chi connectivity index (χ3v) is 10.6. The van der Waals surface area contributed by atoms with Crippen molar-refractivity contribution < 1.29 is 24.8 Å². The summed E-state index contributed by atoms with van der Waals surface area (Å²) in [5.41, 5.74) is 7.81. The SMILES string of the molecule is Cc1ccc([CH]=[Ti]([O]c2ccc(C)c(C(C)(C)C)c2C(C)(C)C)[O]c2ccc(C)c(C(C)(C)C)c2C(C)(C)C)s1.Cl.Cl. The minimum Gasteiger partial charge on any atom is -0.147 e. The van der Waals surface area contributed by atoms with Crippen molar-refractivity contribution in [3.05, 3.63) is 79.5 Å². The van der Waals surface area contributed by atoms with Gasteiger partial charge in [0.25, 0.3) is 0 Å². The molecule has 0 bridgehead atoms. The number of rotatable bonds is 5. The van der Waals surface area contributed by atoms with Gasteiger partial charge in [-0.05, 0) is 0 Å². The van der Waals surface area contributed by atoms with Gasteiger partial charge in [0.1, 0.15) is 0 Å². The Balaban J connectivity index is 0.00000441. The van der Waals surface area contributed by atoms with Gasteiger partial charge in [-0.15, -0.1) is 24.8 Å². The van der Waals surface area contributed by atoms with E-state index in [0.717, 1.165) is 11.5 Å². The Morgan fingerprint density at radius 1 is 0.524 bits per heavy atom. The van der Waals surface area contributed by atoms with E-state index in [1.165, 1.54) is 43.1 Å². The summed E-state index contributed by atoms with van der Waals surface area (Å²) in [6.07, 6.45) is 0. The molecule has 0 aliphatic carbocycles. The van der Waals surface area contributed by atoms with Crippen LogP contribution in [-0.2, 0) is 39.8 Å². The first kappa shape index (κ1) is 38.9. The number of hydrogen-bond acceptors (Lipinski definition) is 3. The Kier molecular flexibility index (Phi) is 12.9. The van der Waals surface area contributed by atoms with E-state index in [-0.39, 0.29) is 46.5 Å². The van der Waals surface area contributed by atoms with Crippen molar-refractivity contribution in [3.8, 4) is 11.5 Å². The van der Waals surface area contributed by atoms with Crippen LogP contribution in [0.4, 0.5) is 0 Å². The van der Waals surface area contributed by atoms with Gasteiger partial charge < -0.3 is 0 Å². The zero-order valence-corrected chi connectivity index (χ0v) is 32.6. The summed E-state index contributed by atoms with van der Waals surface area (Å²) in [7, 11) is 0. The quantitative estimate of drug-likeness (QED) is 0.252. The molecule has 1 aromatic heterocycles. The first-order valence-corrected chi connectivity index (χ1v) is 17.5. The smallest absolute Gasteiger partial charge is 0.147 e. The van der Waals surface area contributed by atoms with Crippen molar-refractivity contribution in [2.24, 2.45) is 0 Å². The third kappa shape index (κ3) is 9.21. The van der Waals surface area contributed by atoms with Crippen LogP contribution < -0.4 is 6.64 Å². The first-order chi connectivity index (χ1) is 18.1. The normalized spacial score (nSPS) is 12.3. The van der Waals surface area contributed by atoms with E-state index in [4.69, 9.17) is 6.64 Å². The van der Waals surface area contributed by atoms with E-state index in [0.29, 0.717) is 0 Å². The van der Waals surface area contributed by atoms with E-state index in [9.17, 15) is 0 Å². The molecule has 0 unspecified atom stereocenters. The monoisotopic (exact) mass is 668 g/mol. The molecule has 42 heavy (non-hydrogen) atoms. The van der Waals surface area contributed by atoms with Gasteiger partial charge in [-0.25, -0.2) is 0 Å². The number of hydrogen-bond donors (Lipinski definition) is 0. The molecule has 234 valence electrons. The summed E-state index contributed by atoms with van der Waals surface area (Å²) < 4.78 is 16.5. The van der Waals surface area contributed by atoms with Gasteiger partial charge in [-0.1, -0.05) is 0 Å². The van der Waals surface area contributed by atoms with E-state index in [2.05, 4.69) is 145 Å². The summed E-state index contributed by atoms with van der Waals surface area (Å²) in [5, 5.41) is 0. The van der Waals surface area contributed by atoms with Crippen LogP contribution in [0.5, 0.6) is 11.5 Å². The van der Waals surface area contributed by atoms with E-state index >= 15 is 0 Å².